The molecular formula is C16H34Si. The van der Waals surface area contributed by atoms with E-state index in [1.807, 2.05) is 0 Å². The van der Waals surface area contributed by atoms with Crippen molar-refractivity contribution in [1.82, 2.24) is 0 Å². The van der Waals surface area contributed by atoms with Crippen LogP contribution in [0.1, 0.15) is 78.1 Å². The van der Waals surface area contributed by atoms with Crippen molar-refractivity contribution < 1.29 is 0 Å². The lowest BCUT2D eigenvalue weighted by molar-refractivity contribution is 0.421. The number of unbranched alkanes of at least 4 members (excludes halogenated alkanes) is 5. The Hall–Kier alpha value is 0.217. The Morgan fingerprint density at radius 1 is 0.941 bits per heavy atom. The van der Waals surface area contributed by atoms with Crippen LogP contribution in [0.25, 0.3) is 0 Å². The molecule has 1 fully saturated rings. The van der Waals surface area contributed by atoms with Crippen LogP contribution in [0.2, 0.25) is 24.2 Å². The molecule has 0 N–H and O–H groups in total. The van der Waals surface area contributed by atoms with Gasteiger partial charge in [-0.3, -0.25) is 0 Å². The second kappa shape index (κ2) is 6.97. The van der Waals surface area contributed by atoms with Gasteiger partial charge < -0.3 is 0 Å². The van der Waals surface area contributed by atoms with E-state index in [-0.39, 0.29) is 0 Å². The highest BCUT2D eigenvalue weighted by atomic mass is 28.3. The van der Waals surface area contributed by atoms with Gasteiger partial charge in [0.05, 0.1) is 8.07 Å². The lowest BCUT2D eigenvalue weighted by Crippen LogP contribution is -2.43. The van der Waals surface area contributed by atoms with Gasteiger partial charge in [-0.15, -0.1) is 0 Å². The third-order valence-electron chi connectivity index (χ3n) is 5.50. The minimum atomic E-state index is -0.920. The van der Waals surface area contributed by atoms with Gasteiger partial charge in [0.15, 0.2) is 0 Å². The zero-order chi connectivity index (χ0) is 12.8. The quantitative estimate of drug-likeness (QED) is 0.365. The van der Waals surface area contributed by atoms with Crippen LogP contribution in [0.4, 0.5) is 0 Å². The SMILES string of the molecule is CCCCCCCCC1(C)CCCC[Si]1(C)C. The summed E-state index contributed by atoms with van der Waals surface area (Å²) in [5.41, 5.74) is 0. The Labute approximate surface area is 111 Å². The van der Waals surface area contributed by atoms with E-state index in [9.17, 15) is 0 Å². The highest BCUT2D eigenvalue weighted by Gasteiger charge is 2.43. The van der Waals surface area contributed by atoms with E-state index in [1.54, 1.807) is 6.04 Å². The highest BCUT2D eigenvalue weighted by Crippen LogP contribution is 2.52. The van der Waals surface area contributed by atoms with Gasteiger partial charge in [-0.25, -0.2) is 0 Å². The summed E-state index contributed by atoms with van der Waals surface area (Å²) in [5.74, 6) is 0. The number of hydrogen-bond acceptors (Lipinski definition) is 0. The minimum Gasteiger partial charge on any atom is -0.0690 e. The molecule has 0 aromatic carbocycles. The van der Waals surface area contributed by atoms with Gasteiger partial charge >= 0.3 is 0 Å². The van der Waals surface area contributed by atoms with Crippen LogP contribution in [0, 0.1) is 0 Å². The van der Waals surface area contributed by atoms with E-state index in [0.717, 1.165) is 5.04 Å². The van der Waals surface area contributed by atoms with Crippen LogP contribution in [0.15, 0.2) is 0 Å². The lowest BCUT2D eigenvalue weighted by atomic mass is 9.95. The summed E-state index contributed by atoms with van der Waals surface area (Å²) in [5, 5.41) is 0.760. The summed E-state index contributed by atoms with van der Waals surface area (Å²) in [6.07, 6.45) is 14.8. The molecule has 0 nitrogen and oxygen atoms in total. The Morgan fingerprint density at radius 2 is 1.59 bits per heavy atom. The van der Waals surface area contributed by atoms with Crippen molar-refractivity contribution in [3.8, 4) is 0 Å². The molecule has 0 radical (unpaired) electrons. The topological polar surface area (TPSA) is 0 Å². The maximum absolute atomic E-state index is 2.64. The molecule has 1 rings (SSSR count). The Bertz CT molecular complexity index is 210. The lowest BCUT2D eigenvalue weighted by Gasteiger charge is -2.47. The van der Waals surface area contributed by atoms with Crippen LogP contribution in [0.3, 0.4) is 0 Å². The summed E-state index contributed by atoms with van der Waals surface area (Å²) in [6, 6.07) is 1.58. The average Bonchev–Trinajstić information content (AvgIpc) is 2.28. The molecule has 1 heteroatoms. The van der Waals surface area contributed by atoms with Gasteiger partial charge in [0, 0.05) is 0 Å². The molecule has 102 valence electrons. The second-order valence-electron chi connectivity index (χ2n) is 7.17. The van der Waals surface area contributed by atoms with E-state index >= 15 is 0 Å². The summed E-state index contributed by atoms with van der Waals surface area (Å²) >= 11 is 0. The molecule has 1 unspecified atom stereocenters. The van der Waals surface area contributed by atoms with Crippen LogP contribution in [-0.2, 0) is 0 Å². The number of hydrogen-bond donors (Lipinski definition) is 0. The van der Waals surface area contributed by atoms with Crippen molar-refractivity contribution in [1.29, 1.82) is 0 Å². The number of rotatable bonds is 7. The molecular weight excluding hydrogens is 220 g/mol. The molecule has 0 bridgehead atoms. The smallest absolute Gasteiger partial charge is 0.0533 e. The standard InChI is InChI=1S/C16H34Si/c1-5-6-7-8-9-10-13-16(2)14-11-12-15-17(16,3)4/h5-15H2,1-4H3. The maximum atomic E-state index is 2.64. The zero-order valence-corrected chi connectivity index (χ0v) is 13.8. The maximum Gasteiger partial charge on any atom is 0.0533 e. The molecule has 0 aromatic rings. The third kappa shape index (κ3) is 4.42. The predicted molar refractivity (Wildman–Crippen MR) is 82.5 cm³/mol. The van der Waals surface area contributed by atoms with Gasteiger partial charge in [0.1, 0.15) is 0 Å². The Balaban J connectivity index is 2.24. The van der Waals surface area contributed by atoms with Gasteiger partial charge in [0.2, 0.25) is 0 Å². The fraction of sp³-hybridized carbons (Fsp3) is 1.00. The zero-order valence-electron chi connectivity index (χ0n) is 12.8. The van der Waals surface area contributed by atoms with Crippen molar-refractivity contribution >= 4 is 8.07 Å². The fourth-order valence-electron chi connectivity index (χ4n) is 3.48. The molecule has 0 aliphatic carbocycles. The van der Waals surface area contributed by atoms with Crippen molar-refractivity contribution in [2.75, 3.05) is 0 Å². The molecule has 17 heavy (non-hydrogen) atoms. The van der Waals surface area contributed by atoms with Crippen molar-refractivity contribution in [2.24, 2.45) is 0 Å². The minimum absolute atomic E-state index is 0.760. The molecule has 0 amide bonds. The average molecular weight is 255 g/mol. The van der Waals surface area contributed by atoms with E-state index in [4.69, 9.17) is 0 Å². The van der Waals surface area contributed by atoms with Crippen LogP contribution >= 0.6 is 0 Å². The van der Waals surface area contributed by atoms with Gasteiger partial charge in [-0.05, 0) is 5.04 Å². The normalized spacial score (nSPS) is 28.2. The molecule has 1 saturated heterocycles. The fourth-order valence-corrected chi connectivity index (χ4v) is 6.93. The first-order valence-corrected chi connectivity index (χ1v) is 11.2. The third-order valence-corrected chi connectivity index (χ3v) is 10.9. The summed E-state index contributed by atoms with van der Waals surface area (Å²) in [4.78, 5) is 0. The first kappa shape index (κ1) is 15.3. The highest BCUT2D eigenvalue weighted by molar-refractivity contribution is 6.80. The van der Waals surface area contributed by atoms with Gasteiger partial charge in [-0.1, -0.05) is 97.2 Å². The monoisotopic (exact) mass is 254 g/mol. The van der Waals surface area contributed by atoms with Crippen LogP contribution in [-0.4, -0.2) is 8.07 Å². The van der Waals surface area contributed by atoms with Crippen molar-refractivity contribution in [2.45, 2.75) is 102 Å². The van der Waals surface area contributed by atoms with Crippen LogP contribution in [0.5, 0.6) is 0 Å². The predicted octanol–water partition coefficient (Wildman–Crippen LogP) is 6.39. The summed E-state index contributed by atoms with van der Waals surface area (Å²) in [7, 11) is -0.920. The van der Waals surface area contributed by atoms with Gasteiger partial charge in [0.25, 0.3) is 0 Å². The molecule has 0 spiro atoms. The molecule has 1 aliphatic rings. The van der Waals surface area contributed by atoms with E-state index in [0.29, 0.717) is 0 Å². The van der Waals surface area contributed by atoms with Crippen molar-refractivity contribution in [3.05, 3.63) is 0 Å². The molecule has 1 aliphatic heterocycles. The van der Waals surface area contributed by atoms with Crippen molar-refractivity contribution in [3.63, 3.8) is 0 Å². The van der Waals surface area contributed by atoms with E-state index < -0.39 is 8.07 Å². The van der Waals surface area contributed by atoms with Crippen LogP contribution < -0.4 is 0 Å². The summed E-state index contributed by atoms with van der Waals surface area (Å²) in [6.45, 7) is 10.2. The van der Waals surface area contributed by atoms with Gasteiger partial charge in [-0.2, -0.15) is 0 Å². The molecule has 0 aromatic heterocycles. The Kier molecular flexibility index (Phi) is 6.26. The summed E-state index contributed by atoms with van der Waals surface area (Å²) < 4.78 is 0. The first-order valence-electron chi connectivity index (χ1n) is 8.02. The molecule has 1 atom stereocenters. The molecule has 1 heterocycles. The van der Waals surface area contributed by atoms with E-state index in [2.05, 4.69) is 26.9 Å². The molecule has 0 saturated carbocycles. The van der Waals surface area contributed by atoms with E-state index in [1.165, 1.54) is 64.2 Å². The Morgan fingerprint density at radius 3 is 2.24 bits per heavy atom. The first-order chi connectivity index (χ1) is 8.02. The largest absolute Gasteiger partial charge is 0.0690 e. The second-order valence-corrected chi connectivity index (χ2v) is 12.6.